The monoisotopic (exact) mass is 201 g/mol. The molecule has 2 heteroatoms. The highest BCUT2D eigenvalue weighted by Crippen LogP contribution is 2.42. The first-order valence-corrected chi connectivity index (χ1v) is 5.41. The zero-order chi connectivity index (χ0) is 10.7. The molecule has 2 nitrogen and oxygen atoms in total. The maximum atomic E-state index is 10.6. The van der Waals surface area contributed by atoms with Gasteiger partial charge in [0.2, 0.25) is 0 Å². The zero-order valence-corrected chi connectivity index (χ0v) is 9.12. The standard InChI is InChI=1S/C13H15NO/c1-12(2)8-13(15)7-9-5-3-4-6-10(9)11(13)14-12/h3-6,15H,7-8H2,1-2H3. The lowest BCUT2D eigenvalue weighted by Crippen LogP contribution is -2.35. The van der Waals surface area contributed by atoms with Crippen LogP contribution in [0.3, 0.4) is 0 Å². The van der Waals surface area contributed by atoms with Gasteiger partial charge in [-0.25, -0.2) is 0 Å². The van der Waals surface area contributed by atoms with Crippen LogP contribution in [0.15, 0.2) is 29.3 Å². The lowest BCUT2D eigenvalue weighted by Gasteiger charge is -2.21. The maximum Gasteiger partial charge on any atom is 0.113 e. The van der Waals surface area contributed by atoms with E-state index in [0.29, 0.717) is 0 Å². The molecule has 1 unspecified atom stereocenters. The molecule has 78 valence electrons. The summed E-state index contributed by atoms with van der Waals surface area (Å²) in [6.07, 6.45) is 1.47. The van der Waals surface area contributed by atoms with Crippen LogP contribution in [-0.4, -0.2) is 22.0 Å². The lowest BCUT2D eigenvalue weighted by molar-refractivity contribution is 0.102. The molecule has 0 spiro atoms. The van der Waals surface area contributed by atoms with Crippen molar-refractivity contribution in [1.29, 1.82) is 0 Å². The van der Waals surface area contributed by atoms with Crippen molar-refractivity contribution in [2.45, 2.75) is 37.8 Å². The van der Waals surface area contributed by atoms with Crippen LogP contribution in [0.1, 0.15) is 31.4 Å². The van der Waals surface area contributed by atoms with Gasteiger partial charge in [-0.05, 0) is 19.4 Å². The summed E-state index contributed by atoms with van der Waals surface area (Å²) >= 11 is 0. The molecule has 1 atom stereocenters. The zero-order valence-electron chi connectivity index (χ0n) is 9.12. The van der Waals surface area contributed by atoms with Crippen molar-refractivity contribution in [3.8, 4) is 0 Å². The molecule has 0 radical (unpaired) electrons. The molecule has 1 aliphatic heterocycles. The third kappa shape index (κ3) is 1.18. The fraction of sp³-hybridized carbons (Fsp3) is 0.462. The maximum absolute atomic E-state index is 10.6. The number of aliphatic imine (C=N–C) groups is 1. The number of benzene rings is 1. The Labute approximate surface area is 89.7 Å². The van der Waals surface area contributed by atoms with Crippen molar-refractivity contribution >= 4 is 5.71 Å². The van der Waals surface area contributed by atoms with Crippen LogP contribution >= 0.6 is 0 Å². The SMILES string of the molecule is CC1(C)CC2(O)Cc3ccccc3C2=N1. The molecule has 0 amide bonds. The largest absolute Gasteiger partial charge is 0.383 e. The summed E-state index contributed by atoms with van der Waals surface area (Å²) in [5, 5.41) is 10.6. The van der Waals surface area contributed by atoms with E-state index in [2.05, 4.69) is 31.0 Å². The number of aliphatic hydroxyl groups is 1. The summed E-state index contributed by atoms with van der Waals surface area (Å²) in [5.74, 6) is 0. The summed E-state index contributed by atoms with van der Waals surface area (Å²) < 4.78 is 0. The van der Waals surface area contributed by atoms with E-state index in [0.717, 1.165) is 24.1 Å². The highest BCUT2D eigenvalue weighted by Gasteiger charge is 2.50. The minimum Gasteiger partial charge on any atom is -0.383 e. The van der Waals surface area contributed by atoms with E-state index in [-0.39, 0.29) is 5.54 Å². The van der Waals surface area contributed by atoms with Crippen LogP contribution in [0.5, 0.6) is 0 Å². The molecule has 0 saturated carbocycles. The van der Waals surface area contributed by atoms with Gasteiger partial charge >= 0.3 is 0 Å². The number of nitrogens with zero attached hydrogens (tertiary/aromatic N) is 1. The first-order valence-electron chi connectivity index (χ1n) is 5.41. The smallest absolute Gasteiger partial charge is 0.113 e. The molecule has 0 saturated heterocycles. The van der Waals surface area contributed by atoms with Crippen LogP contribution in [0, 0.1) is 0 Å². The Morgan fingerprint density at radius 2 is 2.00 bits per heavy atom. The number of hydrogen-bond acceptors (Lipinski definition) is 2. The van der Waals surface area contributed by atoms with Gasteiger partial charge in [-0.3, -0.25) is 4.99 Å². The van der Waals surface area contributed by atoms with Crippen molar-refractivity contribution in [3.05, 3.63) is 35.4 Å². The molecule has 1 heterocycles. The second-order valence-electron chi connectivity index (χ2n) is 5.32. The van der Waals surface area contributed by atoms with Gasteiger partial charge in [-0.15, -0.1) is 0 Å². The number of rotatable bonds is 0. The normalized spacial score (nSPS) is 31.0. The van der Waals surface area contributed by atoms with Crippen LogP contribution in [0.2, 0.25) is 0 Å². The van der Waals surface area contributed by atoms with E-state index in [9.17, 15) is 5.11 Å². The van der Waals surface area contributed by atoms with Crippen LogP contribution in [0.25, 0.3) is 0 Å². The first kappa shape index (κ1) is 9.10. The molecule has 0 aromatic heterocycles. The fourth-order valence-corrected chi connectivity index (χ4v) is 2.92. The number of hydrogen-bond donors (Lipinski definition) is 1. The van der Waals surface area contributed by atoms with Crippen molar-refractivity contribution in [2.24, 2.45) is 4.99 Å². The Morgan fingerprint density at radius 3 is 2.80 bits per heavy atom. The molecule has 1 aromatic rings. The Balaban J connectivity index is 2.20. The molecule has 1 aromatic carbocycles. The minimum atomic E-state index is -0.701. The van der Waals surface area contributed by atoms with Gasteiger partial charge in [-0.2, -0.15) is 0 Å². The van der Waals surface area contributed by atoms with Gasteiger partial charge in [0.05, 0.1) is 11.3 Å². The molecule has 2 aliphatic rings. The van der Waals surface area contributed by atoms with Crippen molar-refractivity contribution in [1.82, 2.24) is 0 Å². The van der Waals surface area contributed by atoms with E-state index < -0.39 is 5.60 Å². The Kier molecular flexibility index (Phi) is 1.52. The van der Waals surface area contributed by atoms with Gasteiger partial charge < -0.3 is 5.11 Å². The summed E-state index contributed by atoms with van der Waals surface area (Å²) in [4.78, 5) is 4.66. The molecule has 0 bridgehead atoms. The Morgan fingerprint density at radius 1 is 1.27 bits per heavy atom. The first-order chi connectivity index (χ1) is 7.00. The average molecular weight is 201 g/mol. The molecule has 3 rings (SSSR count). The predicted molar refractivity (Wildman–Crippen MR) is 60.3 cm³/mol. The fourth-order valence-electron chi connectivity index (χ4n) is 2.92. The van der Waals surface area contributed by atoms with Gasteiger partial charge in [0.15, 0.2) is 0 Å². The third-order valence-electron chi connectivity index (χ3n) is 3.34. The average Bonchev–Trinajstić information content (AvgIpc) is 2.50. The second kappa shape index (κ2) is 2.50. The second-order valence-corrected chi connectivity index (χ2v) is 5.32. The Hall–Kier alpha value is -1.15. The summed E-state index contributed by atoms with van der Waals surface area (Å²) in [7, 11) is 0. The summed E-state index contributed by atoms with van der Waals surface area (Å²) in [6.45, 7) is 4.16. The van der Waals surface area contributed by atoms with Crippen molar-refractivity contribution in [2.75, 3.05) is 0 Å². The highest BCUT2D eigenvalue weighted by atomic mass is 16.3. The molecular weight excluding hydrogens is 186 g/mol. The van der Waals surface area contributed by atoms with E-state index >= 15 is 0 Å². The Bertz CT molecular complexity index is 461. The van der Waals surface area contributed by atoms with Gasteiger partial charge in [0.25, 0.3) is 0 Å². The van der Waals surface area contributed by atoms with E-state index in [1.807, 2.05) is 12.1 Å². The van der Waals surface area contributed by atoms with Crippen LogP contribution in [-0.2, 0) is 6.42 Å². The molecular formula is C13H15NO. The number of fused-ring (bicyclic) bond motifs is 3. The van der Waals surface area contributed by atoms with Gasteiger partial charge in [0, 0.05) is 18.4 Å². The van der Waals surface area contributed by atoms with E-state index in [4.69, 9.17) is 0 Å². The third-order valence-corrected chi connectivity index (χ3v) is 3.34. The molecule has 1 aliphatic carbocycles. The lowest BCUT2D eigenvalue weighted by atomic mass is 9.89. The van der Waals surface area contributed by atoms with E-state index in [1.165, 1.54) is 5.56 Å². The van der Waals surface area contributed by atoms with Crippen molar-refractivity contribution in [3.63, 3.8) is 0 Å². The van der Waals surface area contributed by atoms with Crippen LogP contribution < -0.4 is 0 Å². The predicted octanol–water partition coefficient (Wildman–Crippen LogP) is 1.95. The molecule has 15 heavy (non-hydrogen) atoms. The molecule has 0 fully saturated rings. The molecule has 1 N–H and O–H groups in total. The van der Waals surface area contributed by atoms with Crippen LogP contribution in [0.4, 0.5) is 0 Å². The topological polar surface area (TPSA) is 32.6 Å². The van der Waals surface area contributed by atoms with Crippen molar-refractivity contribution < 1.29 is 5.11 Å². The summed E-state index contributed by atoms with van der Waals surface area (Å²) in [6, 6.07) is 8.18. The van der Waals surface area contributed by atoms with E-state index in [1.54, 1.807) is 0 Å². The minimum absolute atomic E-state index is 0.113. The van der Waals surface area contributed by atoms with Gasteiger partial charge in [0.1, 0.15) is 5.60 Å². The highest BCUT2D eigenvalue weighted by molar-refractivity contribution is 6.12. The van der Waals surface area contributed by atoms with Gasteiger partial charge in [-0.1, -0.05) is 24.3 Å². The quantitative estimate of drug-likeness (QED) is 0.683. The summed E-state index contributed by atoms with van der Waals surface area (Å²) in [5.41, 5.74) is 2.47.